The lowest BCUT2D eigenvalue weighted by Gasteiger charge is -2.02. The molecular formula is C21H15Cl2NO3. The van der Waals surface area contributed by atoms with E-state index in [-0.39, 0.29) is 11.7 Å². The number of carbonyl (C=O) groups is 2. The molecule has 1 N–H and O–H groups in total. The highest BCUT2D eigenvalue weighted by Crippen LogP contribution is 2.32. The third-order valence-corrected chi connectivity index (χ3v) is 4.27. The van der Waals surface area contributed by atoms with Crippen molar-refractivity contribution in [3.8, 4) is 11.3 Å². The van der Waals surface area contributed by atoms with Gasteiger partial charge in [0, 0.05) is 28.8 Å². The number of hydrogen-bond donors (Lipinski definition) is 1. The Kier molecular flexibility index (Phi) is 5.79. The summed E-state index contributed by atoms with van der Waals surface area (Å²) in [4.78, 5) is 23.3. The number of allylic oxidation sites excluding steroid dienone is 1. The second-order valence-corrected chi connectivity index (χ2v) is 6.63. The zero-order valence-electron chi connectivity index (χ0n) is 14.3. The molecular weight excluding hydrogens is 385 g/mol. The standard InChI is InChI=1S/C21H15Cl2NO3/c1-13(25)24-16-5-2-14(3-6-16)20(26)10-7-17-8-11-21(27-17)18-12-15(22)4-9-19(18)23/h2-12H,1H3,(H,24,25). The Morgan fingerprint density at radius 1 is 1.00 bits per heavy atom. The van der Waals surface area contributed by atoms with E-state index in [1.165, 1.54) is 13.0 Å². The van der Waals surface area contributed by atoms with Crippen LogP contribution in [0, 0.1) is 0 Å². The molecule has 0 aliphatic heterocycles. The first kappa shape index (κ1) is 19.0. The van der Waals surface area contributed by atoms with E-state index in [0.29, 0.717) is 38.4 Å². The molecule has 0 spiro atoms. The zero-order valence-corrected chi connectivity index (χ0v) is 15.8. The first-order chi connectivity index (χ1) is 12.9. The average molecular weight is 400 g/mol. The SMILES string of the molecule is CC(=O)Nc1ccc(C(=O)C=Cc2ccc(-c3cc(Cl)ccc3Cl)o2)cc1. The molecule has 0 saturated carbocycles. The van der Waals surface area contributed by atoms with Crippen LogP contribution in [0.3, 0.4) is 0 Å². The zero-order chi connectivity index (χ0) is 19.4. The molecule has 0 unspecified atom stereocenters. The molecule has 0 fully saturated rings. The Morgan fingerprint density at radius 3 is 2.44 bits per heavy atom. The quantitative estimate of drug-likeness (QED) is 0.415. The fourth-order valence-corrected chi connectivity index (χ4v) is 2.83. The van der Waals surface area contributed by atoms with Gasteiger partial charge in [0.1, 0.15) is 11.5 Å². The van der Waals surface area contributed by atoms with Crippen molar-refractivity contribution >= 4 is 46.7 Å². The van der Waals surface area contributed by atoms with Crippen LogP contribution in [0.2, 0.25) is 10.0 Å². The van der Waals surface area contributed by atoms with Crippen molar-refractivity contribution in [2.24, 2.45) is 0 Å². The number of halogens is 2. The van der Waals surface area contributed by atoms with Crippen LogP contribution in [-0.2, 0) is 4.79 Å². The Bertz CT molecular complexity index is 1020. The molecule has 3 rings (SSSR count). The molecule has 1 amide bonds. The van der Waals surface area contributed by atoms with Gasteiger partial charge < -0.3 is 9.73 Å². The van der Waals surface area contributed by atoms with Crippen LogP contribution in [0.15, 0.2) is 65.1 Å². The van der Waals surface area contributed by atoms with Crippen molar-refractivity contribution in [3.63, 3.8) is 0 Å². The lowest BCUT2D eigenvalue weighted by atomic mass is 10.1. The van der Waals surface area contributed by atoms with Gasteiger partial charge in [-0.1, -0.05) is 23.2 Å². The minimum Gasteiger partial charge on any atom is -0.457 e. The summed E-state index contributed by atoms with van der Waals surface area (Å²) in [6.45, 7) is 1.43. The second kappa shape index (κ2) is 8.25. The molecule has 0 radical (unpaired) electrons. The second-order valence-electron chi connectivity index (χ2n) is 5.78. The number of nitrogens with one attached hydrogen (secondary N) is 1. The average Bonchev–Trinajstić information content (AvgIpc) is 3.10. The van der Waals surface area contributed by atoms with Crippen molar-refractivity contribution in [1.82, 2.24) is 0 Å². The summed E-state index contributed by atoms with van der Waals surface area (Å²) in [5.74, 6) is 0.740. The van der Waals surface area contributed by atoms with E-state index >= 15 is 0 Å². The van der Waals surface area contributed by atoms with Crippen LogP contribution < -0.4 is 5.32 Å². The molecule has 1 aromatic heterocycles. The van der Waals surface area contributed by atoms with Gasteiger partial charge in [0.15, 0.2) is 5.78 Å². The fraction of sp³-hybridized carbons (Fsp3) is 0.0476. The van der Waals surface area contributed by atoms with Gasteiger partial charge in [0.2, 0.25) is 5.91 Å². The molecule has 3 aromatic rings. The largest absolute Gasteiger partial charge is 0.457 e. The molecule has 0 bridgehead atoms. The molecule has 1 heterocycles. The highest BCUT2D eigenvalue weighted by atomic mass is 35.5. The summed E-state index contributed by atoms with van der Waals surface area (Å²) >= 11 is 12.2. The van der Waals surface area contributed by atoms with E-state index in [9.17, 15) is 9.59 Å². The Balaban J connectivity index is 1.73. The van der Waals surface area contributed by atoms with Gasteiger partial charge in [-0.05, 0) is 66.7 Å². The third-order valence-electron chi connectivity index (χ3n) is 3.71. The molecule has 4 nitrogen and oxygen atoms in total. The van der Waals surface area contributed by atoms with Crippen molar-refractivity contribution < 1.29 is 14.0 Å². The molecule has 6 heteroatoms. The first-order valence-electron chi connectivity index (χ1n) is 8.08. The first-order valence-corrected chi connectivity index (χ1v) is 8.83. The summed E-state index contributed by atoms with van der Waals surface area (Å²) in [6, 6.07) is 15.3. The molecule has 0 saturated heterocycles. The van der Waals surface area contributed by atoms with Crippen LogP contribution in [0.4, 0.5) is 5.69 Å². The van der Waals surface area contributed by atoms with Gasteiger partial charge in [0.05, 0.1) is 5.02 Å². The Hall–Kier alpha value is -2.82. The Morgan fingerprint density at radius 2 is 1.74 bits per heavy atom. The van der Waals surface area contributed by atoms with Gasteiger partial charge in [-0.25, -0.2) is 0 Å². The van der Waals surface area contributed by atoms with E-state index in [4.69, 9.17) is 27.6 Å². The number of furan rings is 1. The predicted molar refractivity (Wildman–Crippen MR) is 108 cm³/mol. The molecule has 136 valence electrons. The molecule has 0 aliphatic rings. The number of anilines is 1. The summed E-state index contributed by atoms with van der Waals surface area (Å²) in [6.07, 6.45) is 3.02. The summed E-state index contributed by atoms with van der Waals surface area (Å²) in [5, 5.41) is 3.74. The third kappa shape index (κ3) is 4.88. The number of amides is 1. The molecule has 2 aromatic carbocycles. The van der Waals surface area contributed by atoms with E-state index < -0.39 is 0 Å². The van der Waals surface area contributed by atoms with Crippen LogP contribution in [0.1, 0.15) is 23.0 Å². The maximum Gasteiger partial charge on any atom is 0.221 e. The number of ketones is 1. The summed E-state index contributed by atoms with van der Waals surface area (Å²) < 4.78 is 5.73. The van der Waals surface area contributed by atoms with E-state index in [2.05, 4.69) is 5.32 Å². The normalized spacial score (nSPS) is 10.9. The van der Waals surface area contributed by atoms with Crippen molar-refractivity contribution in [2.45, 2.75) is 6.92 Å². The van der Waals surface area contributed by atoms with Gasteiger partial charge in [-0.2, -0.15) is 0 Å². The molecule has 0 atom stereocenters. The van der Waals surface area contributed by atoms with Crippen molar-refractivity contribution in [2.75, 3.05) is 5.32 Å². The van der Waals surface area contributed by atoms with Crippen molar-refractivity contribution in [1.29, 1.82) is 0 Å². The number of rotatable bonds is 5. The van der Waals surface area contributed by atoms with Gasteiger partial charge >= 0.3 is 0 Å². The lowest BCUT2D eigenvalue weighted by Crippen LogP contribution is -2.05. The summed E-state index contributed by atoms with van der Waals surface area (Å²) in [7, 11) is 0. The maximum atomic E-state index is 12.3. The van der Waals surface area contributed by atoms with Gasteiger partial charge in [-0.15, -0.1) is 0 Å². The van der Waals surface area contributed by atoms with Crippen molar-refractivity contribution in [3.05, 3.63) is 82.0 Å². The smallest absolute Gasteiger partial charge is 0.221 e. The maximum absolute atomic E-state index is 12.3. The molecule has 27 heavy (non-hydrogen) atoms. The van der Waals surface area contributed by atoms with E-state index in [1.54, 1.807) is 60.7 Å². The number of benzene rings is 2. The van der Waals surface area contributed by atoms with Crippen LogP contribution in [0.5, 0.6) is 0 Å². The Labute approximate surface area is 166 Å². The highest BCUT2D eigenvalue weighted by molar-refractivity contribution is 6.35. The predicted octanol–water partition coefficient (Wildman–Crippen LogP) is 6.11. The number of carbonyl (C=O) groups excluding carboxylic acids is 2. The van der Waals surface area contributed by atoms with E-state index in [0.717, 1.165) is 0 Å². The van der Waals surface area contributed by atoms with Gasteiger partial charge in [-0.3, -0.25) is 9.59 Å². The fourth-order valence-electron chi connectivity index (χ4n) is 2.45. The molecule has 0 aliphatic carbocycles. The van der Waals surface area contributed by atoms with Gasteiger partial charge in [0.25, 0.3) is 0 Å². The van der Waals surface area contributed by atoms with Crippen LogP contribution >= 0.6 is 23.2 Å². The van der Waals surface area contributed by atoms with E-state index in [1.807, 2.05) is 0 Å². The minimum absolute atomic E-state index is 0.164. The van der Waals surface area contributed by atoms with Crippen LogP contribution in [-0.4, -0.2) is 11.7 Å². The summed E-state index contributed by atoms with van der Waals surface area (Å²) in [5.41, 5.74) is 1.82. The monoisotopic (exact) mass is 399 g/mol. The minimum atomic E-state index is -0.178. The van der Waals surface area contributed by atoms with Crippen LogP contribution in [0.25, 0.3) is 17.4 Å². The lowest BCUT2D eigenvalue weighted by molar-refractivity contribution is -0.114. The highest BCUT2D eigenvalue weighted by Gasteiger charge is 2.09. The number of hydrogen-bond acceptors (Lipinski definition) is 3. The topological polar surface area (TPSA) is 59.3 Å².